The molecule has 0 saturated heterocycles. The number of carbonyl (C=O) groups is 1. The van der Waals surface area contributed by atoms with E-state index in [1.165, 1.54) is 0 Å². The van der Waals surface area contributed by atoms with E-state index in [1.54, 1.807) is 26.2 Å². The van der Waals surface area contributed by atoms with Gasteiger partial charge < -0.3 is 19.9 Å². The van der Waals surface area contributed by atoms with Crippen molar-refractivity contribution in [3.05, 3.63) is 60.2 Å². The minimum atomic E-state index is -1.31. The number of hydrogen-bond acceptors (Lipinski definition) is 5. The molecular weight excluding hydrogens is 294 g/mol. The van der Waals surface area contributed by atoms with Crippen LogP contribution in [0.2, 0.25) is 0 Å². The number of methoxy groups -OCH3 is 1. The highest BCUT2D eigenvalue weighted by Crippen LogP contribution is 2.25. The van der Waals surface area contributed by atoms with Gasteiger partial charge in [0.15, 0.2) is 6.10 Å². The molecule has 0 aliphatic carbocycles. The number of aliphatic hydroxyl groups excluding tert-OH is 1. The number of ether oxygens (including phenoxy) is 2. The molecule has 0 aromatic heterocycles. The summed E-state index contributed by atoms with van der Waals surface area (Å²) in [5, 5.41) is 13.5. The minimum Gasteiger partial charge on any atom is -0.497 e. The fourth-order valence-corrected chi connectivity index (χ4v) is 2.24. The van der Waals surface area contributed by atoms with Crippen LogP contribution in [0.1, 0.15) is 18.5 Å². The molecular formula is C18H21NO4. The number of aliphatic hydroxyl groups is 1. The van der Waals surface area contributed by atoms with Crippen molar-refractivity contribution in [2.24, 2.45) is 0 Å². The van der Waals surface area contributed by atoms with Crippen LogP contribution in [0.4, 0.5) is 5.69 Å². The molecule has 5 heteroatoms. The summed E-state index contributed by atoms with van der Waals surface area (Å²) in [5.41, 5.74) is 1.56. The number of hydrogen-bond donors (Lipinski definition) is 2. The zero-order valence-electron chi connectivity index (χ0n) is 13.2. The summed E-state index contributed by atoms with van der Waals surface area (Å²) in [6.45, 7) is 1.93. The largest absolute Gasteiger partial charge is 0.497 e. The van der Waals surface area contributed by atoms with Gasteiger partial charge >= 0.3 is 5.97 Å². The molecule has 2 aromatic rings. The zero-order valence-corrected chi connectivity index (χ0v) is 13.2. The molecule has 0 radical (unpaired) electrons. The molecule has 0 fully saturated rings. The zero-order chi connectivity index (χ0) is 16.7. The summed E-state index contributed by atoms with van der Waals surface area (Å²) in [5.74, 6) is 0.0834. The lowest BCUT2D eigenvalue weighted by molar-refractivity contribution is -0.153. The second-order valence-electron chi connectivity index (χ2n) is 4.96. The van der Waals surface area contributed by atoms with E-state index in [-0.39, 0.29) is 6.61 Å². The number of benzene rings is 2. The van der Waals surface area contributed by atoms with E-state index in [0.717, 1.165) is 17.0 Å². The van der Waals surface area contributed by atoms with E-state index in [4.69, 9.17) is 9.47 Å². The van der Waals surface area contributed by atoms with Crippen LogP contribution in [0.3, 0.4) is 0 Å². The van der Waals surface area contributed by atoms with Crippen molar-refractivity contribution in [1.29, 1.82) is 0 Å². The van der Waals surface area contributed by atoms with Gasteiger partial charge in [-0.1, -0.05) is 30.3 Å². The number of anilines is 1. The molecule has 2 rings (SSSR count). The normalized spacial score (nSPS) is 13.0. The van der Waals surface area contributed by atoms with Crippen LogP contribution in [-0.4, -0.2) is 30.9 Å². The molecule has 0 bridgehead atoms. The van der Waals surface area contributed by atoms with E-state index in [0.29, 0.717) is 0 Å². The molecule has 0 spiro atoms. The minimum absolute atomic E-state index is 0.222. The van der Waals surface area contributed by atoms with Crippen molar-refractivity contribution < 1.29 is 19.4 Å². The molecule has 0 aliphatic rings. The first-order valence-electron chi connectivity index (χ1n) is 7.46. The first kappa shape index (κ1) is 16.8. The highest BCUT2D eigenvalue weighted by atomic mass is 16.5. The van der Waals surface area contributed by atoms with Crippen LogP contribution in [0.15, 0.2) is 54.6 Å². The van der Waals surface area contributed by atoms with E-state index in [1.807, 2.05) is 42.5 Å². The molecule has 2 N–H and O–H groups in total. The highest BCUT2D eigenvalue weighted by molar-refractivity contribution is 5.76. The maximum absolute atomic E-state index is 11.9. The Hall–Kier alpha value is -2.53. The van der Waals surface area contributed by atoms with Gasteiger partial charge in [0.25, 0.3) is 0 Å². The molecule has 2 atom stereocenters. The predicted octanol–water partition coefficient (Wildman–Crippen LogP) is 2.77. The van der Waals surface area contributed by atoms with E-state index >= 15 is 0 Å². The molecule has 23 heavy (non-hydrogen) atoms. The van der Waals surface area contributed by atoms with Gasteiger partial charge in [-0.15, -0.1) is 0 Å². The fourth-order valence-electron chi connectivity index (χ4n) is 2.24. The smallest absolute Gasteiger partial charge is 0.337 e. The summed E-state index contributed by atoms with van der Waals surface area (Å²) in [6.07, 6.45) is -1.31. The summed E-state index contributed by atoms with van der Waals surface area (Å²) >= 11 is 0. The van der Waals surface area contributed by atoms with E-state index in [9.17, 15) is 9.90 Å². The quantitative estimate of drug-likeness (QED) is 0.769. The fraction of sp³-hybridized carbons (Fsp3) is 0.278. The van der Waals surface area contributed by atoms with Gasteiger partial charge in [0, 0.05) is 5.69 Å². The van der Waals surface area contributed by atoms with Crippen molar-refractivity contribution in [3.8, 4) is 5.75 Å². The maximum Gasteiger partial charge on any atom is 0.337 e. The molecule has 5 nitrogen and oxygen atoms in total. The standard InChI is InChI=1S/C18H21NO4/c1-3-23-18(21)17(20)16(13-7-5-4-6-8-13)19-14-9-11-15(22-2)12-10-14/h4-12,16-17,19-20H,3H2,1-2H3. The monoisotopic (exact) mass is 315 g/mol. The van der Waals surface area contributed by atoms with Crippen LogP contribution in [0, 0.1) is 0 Å². The molecule has 2 unspecified atom stereocenters. The summed E-state index contributed by atoms with van der Waals surface area (Å²) in [7, 11) is 1.60. The van der Waals surface area contributed by atoms with Crippen LogP contribution in [0.25, 0.3) is 0 Å². The van der Waals surface area contributed by atoms with Crippen molar-refractivity contribution >= 4 is 11.7 Å². The SMILES string of the molecule is CCOC(=O)C(O)C(Nc1ccc(OC)cc1)c1ccccc1. The van der Waals surface area contributed by atoms with E-state index < -0.39 is 18.1 Å². The third-order valence-corrected chi connectivity index (χ3v) is 3.41. The summed E-state index contributed by atoms with van der Waals surface area (Å²) < 4.78 is 10.1. The number of nitrogens with one attached hydrogen (secondary N) is 1. The third-order valence-electron chi connectivity index (χ3n) is 3.41. The van der Waals surface area contributed by atoms with Crippen LogP contribution in [-0.2, 0) is 9.53 Å². The van der Waals surface area contributed by atoms with Crippen molar-refractivity contribution in [3.63, 3.8) is 0 Å². The Labute approximate surface area is 135 Å². The van der Waals surface area contributed by atoms with Crippen LogP contribution < -0.4 is 10.1 Å². The Morgan fingerprint density at radius 2 is 1.78 bits per heavy atom. The Bertz CT molecular complexity index is 613. The lowest BCUT2D eigenvalue weighted by Gasteiger charge is -2.24. The second-order valence-corrected chi connectivity index (χ2v) is 4.96. The van der Waals surface area contributed by atoms with Gasteiger partial charge in [-0.3, -0.25) is 0 Å². The average molecular weight is 315 g/mol. The second kappa shape index (κ2) is 8.19. The van der Waals surface area contributed by atoms with Gasteiger partial charge in [-0.25, -0.2) is 4.79 Å². The summed E-state index contributed by atoms with van der Waals surface area (Å²) in [4.78, 5) is 11.9. The predicted molar refractivity (Wildman–Crippen MR) is 88.4 cm³/mol. The Morgan fingerprint density at radius 1 is 1.13 bits per heavy atom. The molecule has 0 heterocycles. The first-order valence-corrected chi connectivity index (χ1v) is 7.46. The Kier molecular flexibility index (Phi) is 6.00. The van der Waals surface area contributed by atoms with Crippen molar-refractivity contribution in [1.82, 2.24) is 0 Å². The van der Waals surface area contributed by atoms with Crippen LogP contribution in [0.5, 0.6) is 5.75 Å². The third kappa shape index (κ3) is 4.47. The van der Waals surface area contributed by atoms with Crippen molar-refractivity contribution in [2.75, 3.05) is 19.0 Å². The lowest BCUT2D eigenvalue weighted by atomic mass is 10.0. The number of rotatable bonds is 7. The van der Waals surface area contributed by atoms with Crippen molar-refractivity contribution in [2.45, 2.75) is 19.1 Å². The summed E-state index contributed by atoms with van der Waals surface area (Å²) in [6, 6.07) is 16.0. The first-order chi connectivity index (χ1) is 11.2. The molecule has 0 aliphatic heterocycles. The lowest BCUT2D eigenvalue weighted by Crippen LogP contribution is -2.34. The number of esters is 1. The Balaban J connectivity index is 2.24. The topological polar surface area (TPSA) is 67.8 Å². The molecule has 0 amide bonds. The van der Waals surface area contributed by atoms with E-state index in [2.05, 4.69) is 5.32 Å². The highest BCUT2D eigenvalue weighted by Gasteiger charge is 2.28. The maximum atomic E-state index is 11.9. The molecule has 122 valence electrons. The average Bonchev–Trinajstić information content (AvgIpc) is 2.60. The number of carbonyl (C=O) groups excluding carboxylic acids is 1. The van der Waals surface area contributed by atoms with Gasteiger partial charge in [-0.2, -0.15) is 0 Å². The van der Waals surface area contributed by atoms with Crippen LogP contribution >= 0.6 is 0 Å². The molecule has 0 saturated carbocycles. The van der Waals surface area contributed by atoms with Gasteiger partial charge in [0.2, 0.25) is 0 Å². The molecule has 2 aromatic carbocycles. The Morgan fingerprint density at radius 3 is 2.35 bits per heavy atom. The van der Waals surface area contributed by atoms with Gasteiger partial charge in [0.05, 0.1) is 19.8 Å². The van der Waals surface area contributed by atoms with Gasteiger partial charge in [-0.05, 0) is 36.8 Å². The van der Waals surface area contributed by atoms with Gasteiger partial charge in [0.1, 0.15) is 5.75 Å².